The molecule has 124 valence electrons. The number of urea groups is 1. The van der Waals surface area contributed by atoms with Crippen molar-refractivity contribution in [2.24, 2.45) is 0 Å². The molecule has 1 unspecified atom stereocenters. The molecule has 0 aliphatic rings. The molecule has 3 aromatic rings. The van der Waals surface area contributed by atoms with E-state index < -0.39 is 0 Å². The molecule has 1 heterocycles. The minimum Gasteiger partial charge on any atom is -0.508 e. The topological polar surface area (TPSA) is 74.2 Å². The number of aromatic hydroxyl groups is 1. The van der Waals surface area contributed by atoms with E-state index in [-0.39, 0.29) is 17.8 Å². The van der Waals surface area contributed by atoms with Crippen molar-refractivity contribution >= 4 is 33.3 Å². The van der Waals surface area contributed by atoms with Gasteiger partial charge >= 0.3 is 6.03 Å². The van der Waals surface area contributed by atoms with Crippen molar-refractivity contribution in [2.75, 3.05) is 5.32 Å². The third kappa shape index (κ3) is 4.23. The second kappa shape index (κ2) is 7.31. The number of hydrogen-bond acceptors (Lipinski definition) is 4. The van der Waals surface area contributed by atoms with Crippen LogP contribution < -0.4 is 10.6 Å². The van der Waals surface area contributed by atoms with Gasteiger partial charge in [0.25, 0.3) is 0 Å². The number of phenolic OH excluding ortho intramolecular Hbond substituents is 1. The molecule has 24 heavy (non-hydrogen) atoms. The van der Waals surface area contributed by atoms with E-state index in [0.29, 0.717) is 0 Å². The van der Waals surface area contributed by atoms with Gasteiger partial charge in [-0.05, 0) is 55.7 Å². The fraction of sp³-hybridized carbons (Fsp3) is 0.222. The van der Waals surface area contributed by atoms with Crippen LogP contribution in [0.2, 0.25) is 0 Å². The molecule has 0 radical (unpaired) electrons. The standard InChI is InChI=1S/C18H19N3O2S/c1-12(2-3-13-4-7-15(22)8-5-13)20-18(23)21-14-6-9-16-17(10-14)24-11-19-16/h4-12,22H,2-3H2,1H3,(H2,20,21,23). The molecule has 0 aliphatic heterocycles. The molecule has 0 fully saturated rings. The van der Waals surface area contributed by atoms with Gasteiger partial charge in [-0.2, -0.15) is 0 Å². The number of fused-ring (bicyclic) bond motifs is 1. The number of thiazole rings is 1. The van der Waals surface area contributed by atoms with Crippen LogP contribution in [0, 0.1) is 0 Å². The molecule has 3 rings (SSSR count). The van der Waals surface area contributed by atoms with Crippen molar-refractivity contribution in [3.63, 3.8) is 0 Å². The van der Waals surface area contributed by atoms with E-state index in [4.69, 9.17) is 0 Å². The first-order valence-corrected chi connectivity index (χ1v) is 8.67. The van der Waals surface area contributed by atoms with Crippen molar-refractivity contribution in [3.8, 4) is 5.75 Å². The average molecular weight is 341 g/mol. The molecule has 0 bridgehead atoms. The van der Waals surface area contributed by atoms with Crippen molar-refractivity contribution in [2.45, 2.75) is 25.8 Å². The van der Waals surface area contributed by atoms with Crippen LogP contribution >= 0.6 is 11.3 Å². The number of rotatable bonds is 5. The number of aryl methyl sites for hydroxylation is 1. The summed E-state index contributed by atoms with van der Waals surface area (Å²) in [6.07, 6.45) is 1.67. The van der Waals surface area contributed by atoms with E-state index >= 15 is 0 Å². The van der Waals surface area contributed by atoms with E-state index in [2.05, 4.69) is 15.6 Å². The molecule has 5 nitrogen and oxygen atoms in total. The monoisotopic (exact) mass is 341 g/mol. The minimum atomic E-state index is -0.211. The van der Waals surface area contributed by atoms with Gasteiger partial charge in [-0.25, -0.2) is 9.78 Å². The molecule has 6 heteroatoms. The summed E-state index contributed by atoms with van der Waals surface area (Å²) in [7, 11) is 0. The fourth-order valence-electron chi connectivity index (χ4n) is 2.44. The van der Waals surface area contributed by atoms with Gasteiger partial charge in [0.1, 0.15) is 5.75 Å². The van der Waals surface area contributed by atoms with Gasteiger partial charge in [-0.15, -0.1) is 11.3 Å². The van der Waals surface area contributed by atoms with Crippen LogP contribution in [0.25, 0.3) is 10.2 Å². The summed E-state index contributed by atoms with van der Waals surface area (Å²) < 4.78 is 1.05. The maximum absolute atomic E-state index is 12.1. The maximum atomic E-state index is 12.1. The molecule has 1 atom stereocenters. The maximum Gasteiger partial charge on any atom is 0.319 e. The van der Waals surface area contributed by atoms with E-state index in [1.165, 1.54) is 0 Å². The summed E-state index contributed by atoms with van der Waals surface area (Å²) in [5.74, 6) is 0.266. The number of aromatic nitrogens is 1. The number of nitrogens with zero attached hydrogens (tertiary/aromatic N) is 1. The average Bonchev–Trinajstić information content (AvgIpc) is 3.02. The first-order chi connectivity index (χ1) is 11.6. The Hall–Kier alpha value is -2.60. The first-order valence-electron chi connectivity index (χ1n) is 7.79. The van der Waals surface area contributed by atoms with Gasteiger partial charge in [-0.3, -0.25) is 0 Å². The molecule has 1 aromatic heterocycles. The number of anilines is 1. The van der Waals surface area contributed by atoms with Gasteiger partial charge in [-0.1, -0.05) is 12.1 Å². The summed E-state index contributed by atoms with van der Waals surface area (Å²) in [6.45, 7) is 1.98. The summed E-state index contributed by atoms with van der Waals surface area (Å²) in [5.41, 5.74) is 4.63. The Bertz CT molecular complexity index is 830. The van der Waals surface area contributed by atoms with Crippen LogP contribution in [-0.2, 0) is 6.42 Å². The number of benzene rings is 2. The van der Waals surface area contributed by atoms with Crippen LogP contribution in [0.3, 0.4) is 0 Å². The Morgan fingerprint density at radius 3 is 2.83 bits per heavy atom. The molecular weight excluding hydrogens is 322 g/mol. The smallest absolute Gasteiger partial charge is 0.319 e. The highest BCUT2D eigenvalue weighted by Crippen LogP contribution is 2.21. The zero-order valence-corrected chi connectivity index (χ0v) is 14.1. The first kappa shape index (κ1) is 16.3. The van der Waals surface area contributed by atoms with E-state index in [9.17, 15) is 9.90 Å². The van der Waals surface area contributed by atoms with Crippen molar-refractivity contribution < 1.29 is 9.90 Å². The number of nitrogens with one attached hydrogen (secondary N) is 2. The third-order valence-corrected chi connectivity index (χ3v) is 4.56. The Kier molecular flexibility index (Phi) is 4.96. The lowest BCUT2D eigenvalue weighted by Crippen LogP contribution is -2.36. The minimum absolute atomic E-state index is 0.0472. The highest BCUT2D eigenvalue weighted by Gasteiger charge is 2.08. The second-order valence-electron chi connectivity index (χ2n) is 5.74. The fourth-order valence-corrected chi connectivity index (χ4v) is 3.16. The van der Waals surface area contributed by atoms with Gasteiger partial charge in [0, 0.05) is 11.7 Å². The van der Waals surface area contributed by atoms with Gasteiger partial charge in [0.15, 0.2) is 0 Å². The number of hydrogen-bond donors (Lipinski definition) is 3. The second-order valence-corrected chi connectivity index (χ2v) is 6.63. The van der Waals surface area contributed by atoms with Crippen LogP contribution in [0.5, 0.6) is 5.75 Å². The van der Waals surface area contributed by atoms with E-state index in [0.717, 1.165) is 34.3 Å². The van der Waals surface area contributed by atoms with Gasteiger partial charge < -0.3 is 15.7 Å². The van der Waals surface area contributed by atoms with Crippen LogP contribution in [0.1, 0.15) is 18.9 Å². The molecule has 3 N–H and O–H groups in total. The molecule has 0 saturated carbocycles. The molecule has 0 spiro atoms. The molecule has 2 aromatic carbocycles. The summed E-state index contributed by atoms with van der Waals surface area (Å²) in [5, 5.41) is 15.1. The predicted molar refractivity (Wildman–Crippen MR) is 97.7 cm³/mol. The Labute approximate surface area is 144 Å². The zero-order valence-electron chi connectivity index (χ0n) is 13.3. The van der Waals surface area contributed by atoms with Crippen molar-refractivity contribution in [1.29, 1.82) is 0 Å². The molecule has 0 aliphatic carbocycles. The summed E-state index contributed by atoms with van der Waals surface area (Å²) in [4.78, 5) is 16.3. The molecule has 2 amide bonds. The van der Waals surface area contributed by atoms with Crippen LogP contribution in [0.15, 0.2) is 48.0 Å². The lowest BCUT2D eigenvalue weighted by Gasteiger charge is -2.14. The van der Waals surface area contributed by atoms with E-state index in [1.54, 1.807) is 29.0 Å². The SMILES string of the molecule is CC(CCc1ccc(O)cc1)NC(=O)Nc1ccc2ncsc2c1. The predicted octanol–water partition coefficient (Wildman–Crippen LogP) is 4.14. The summed E-state index contributed by atoms with van der Waals surface area (Å²) in [6, 6.07) is 12.7. The van der Waals surface area contributed by atoms with Gasteiger partial charge in [0.05, 0.1) is 15.7 Å². The molecular formula is C18H19N3O2S. The van der Waals surface area contributed by atoms with Crippen molar-refractivity contribution in [3.05, 3.63) is 53.5 Å². The van der Waals surface area contributed by atoms with Gasteiger partial charge in [0.2, 0.25) is 0 Å². The van der Waals surface area contributed by atoms with E-state index in [1.807, 2.05) is 37.3 Å². The molecule has 0 saturated heterocycles. The largest absolute Gasteiger partial charge is 0.508 e. The lowest BCUT2D eigenvalue weighted by molar-refractivity contribution is 0.248. The van der Waals surface area contributed by atoms with Crippen LogP contribution in [-0.4, -0.2) is 22.2 Å². The number of amides is 2. The normalized spacial score (nSPS) is 12.0. The van der Waals surface area contributed by atoms with Crippen molar-refractivity contribution in [1.82, 2.24) is 10.3 Å². The highest BCUT2D eigenvalue weighted by molar-refractivity contribution is 7.16. The number of phenols is 1. The number of carbonyl (C=O) groups excluding carboxylic acids is 1. The summed E-state index contributed by atoms with van der Waals surface area (Å²) >= 11 is 1.55. The third-order valence-electron chi connectivity index (χ3n) is 3.77. The highest BCUT2D eigenvalue weighted by atomic mass is 32.1. The van der Waals surface area contributed by atoms with Crippen LogP contribution in [0.4, 0.5) is 10.5 Å². The zero-order chi connectivity index (χ0) is 16.9. The lowest BCUT2D eigenvalue weighted by atomic mass is 10.1. The quantitative estimate of drug-likeness (QED) is 0.653. The Morgan fingerprint density at radius 1 is 1.25 bits per heavy atom. The Balaban J connectivity index is 1.49. The Morgan fingerprint density at radius 2 is 2.04 bits per heavy atom. The number of carbonyl (C=O) groups is 1.